The van der Waals surface area contributed by atoms with Crippen molar-refractivity contribution in [2.45, 2.75) is 100 Å². The Labute approximate surface area is 562 Å². The van der Waals surface area contributed by atoms with Gasteiger partial charge in [0.05, 0.1) is 68.2 Å². The average Bonchev–Trinajstić information content (AvgIpc) is 1.46. The lowest BCUT2D eigenvalue weighted by Crippen LogP contribution is -2.52. The molecule has 0 bridgehead atoms. The minimum absolute atomic E-state index is 0.0267. The second-order valence-corrected chi connectivity index (χ2v) is 26.5. The Kier molecular flexibility index (Phi) is 30.1. The molecule has 7 amide bonds. The van der Waals surface area contributed by atoms with Gasteiger partial charge in [-0.15, -0.1) is 11.8 Å². The maximum absolute atomic E-state index is 14.2. The average molecular weight is 1360 g/mol. The number of aryl methyl sites for hydroxylation is 2. The van der Waals surface area contributed by atoms with E-state index in [0.717, 1.165) is 42.0 Å². The number of aliphatic carboxylic acids is 3. The monoisotopic (exact) mass is 1360 g/mol. The number of thioether (sulfide) groups is 1. The molecule has 0 aliphatic carbocycles. The highest BCUT2D eigenvalue weighted by molar-refractivity contribution is 8.01. The number of aliphatic imine (C=N–C) groups is 1. The number of halogens is 2. The van der Waals surface area contributed by atoms with E-state index in [9.17, 15) is 72.0 Å². The van der Waals surface area contributed by atoms with Crippen LogP contribution in [0.15, 0.2) is 59.7 Å². The molecule has 6 N–H and O–H groups in total. The fourth-order valence-corrected chi connectivity index (χ4v) is 13.5. The molecule has 27 nitrogen and oxygen atoms in total. The Morgan fingerprint density at radius 3 is 1.96 bits per heavy atom. The first kappa shape index (κ1) is 75.6. The first-order valence-electron chi connectivity index (χ1n) is 33.0. The number of hydrogen-bond acceptors (Lipinski definition) is 19. The Bertz CT molecular complexity index is 3150. The number of rotatable bonds is 34. The molecule has 0 spiro atoms. The Hall–Kier alpha value is -7.77. The van der Waals surface area contributed by atoms with E-state index in [4.69, 9.17) is 4.74 Å². The summed E-state index contributed by atoms with van der Waals surface area (Å²) in [6.07, 6.45) is 8.13. The highest BCUT2D eigenvalue weighted by Crippen LogP contribution is 2.33. The SMILES string of the molecule is CN=C[C@H]1CC(F)(F)CN1C(=O)CNC(=O)c1ccnc2ccc(OCCCCN3CCN(C(=O)CN4C(=O)CC(S[C@H](CCCCCNC(=O)CCCc5ccc(C)cc5)CNC(=O)CN5CCN(CC(=O)O)CCN(CC(=O)O)CCN(CC(=O)O)CC5)C4=O)CC3)cc12. The van der Waals surface area contributed by atoms with Gasteiger partial charge < -0.3 is 45.8 Å². The van der Waals surface area contributed by atoms with Crippen LogP contribution in [-0.4, -0.2) is 305 Å². The maximum Gasteiger partial charge on any atom is 0.317 e. The van der Waals surface area contributed by atoms with Gasteiger partial charge in [0.15, 0.2) is 0 Å². The number of unbranched alkanes of at least 4 members (excludes halogenated alkanes) is 3. The van der Waals surface area contributed by atoms with Gasteiger partial charge in [0, 0.05) is 141 Å². The van der Waals surface area contributed by atoms with Gasteiger partial charge in [0.1, 0.15) is 12.3 Å². The number of piperazine rings is 1. The summed E-state index contributed by atoms with van der Waals surface area (Å²) in [6, 6.07) is 14.0. The van der Waals surface area contributed by atoms with E-state index in [2.05, 4.69) is 55.1 Å². The first-order valence-corrected chi connectivity index (χ1v) is 34.0. The van der Waals surface area contributed by atoms with Crippen molar-refractivity contribution in [2.24, 2.45) is 4.99 Å². The van der Waals surface area contributed by atoms with Crippen LogP contribution in [-0.2, 0) is 49.6 Å². The number of nitrogens with zero attached hydrogens (tertiary/aromatic N) is 10. The van der Waals surface area contributed by atoms with Gasteiger partial charge >= 0.3 is 17.9 Å². The topological polar surface area (TPSA) is 328 Å². The third-order valence-electron chi connectivity index (χ3n) is 17.4. The van der Waals surface area contributed by atoms with Crippen LogP contribution in [0.5, 0.6) is 5.75 Å². The third kappa shape index (κ3) is 25.3. The van der Waals surface area contributed by atoms with Crippen molar-refractivity contribution in [3.05, 3.63) is 71.4 Å². The summed E-state index contributed by atoms with van der Waals surface area (Å²) in [7, 11) is 1.44. The summed E-state index contributed by atoms with van der Waals surface area (Å²) < 4.78 is 34.4. The molecule has 2 aromatic carbocycles. The van der Waals surface area contributed by atoms with E-state index >= 15 is 0 Å². The molecule has 96 heavy (non-hydrogen) atoms. The van der Waals surface area contributed by atoms with Gasteiger partial charge in [0.2, 0.25) is 35.4 Å². The van der Waals surface area contributed by atoms with Crippen LogP contribution in [0.2, 0.25) is 0 Å². The molecule has 3 atom stereocenters. The second kappa shape index (κ2) is 38.2. The number of hydrogen-bond donors (Lipinski definition) is 6. The number of aromatic nitrogens is 1. The van der Waals surface area contributed by atoms with Crippen LogP contribution in [0.25, 0.3) is 10.9 Å². The third-order valence-corrected chi connectivity index (χ3v) is 18.9. The van der Waals surface area contributed by atoms with Crippen molar-refractivity contribution in [3.63, 3.8) is 0 Å². The summed E-state index contributed by atoms with van der Waals surface area (Å²) >= 11 is 1.28. The molecule has 1 unspecified atom stereocenters. The number of alkyl halides is 2. The molecule has 4 saturated heterocycles. The number of imide groups is 1. The second-order valence-electron chi connectivity index (χ2n) is 25.0. The number of amides is 7. The molecule has 4 aliphatic heterocycles. The van der Waals surface area contributed by atoms with Gasteiger partial charge in [-0.2, -0.15) is 0 Å². The normalized spacial score (nSPS) is 19.3. The number of fused-ring (bicyclic) bond motifs is 1. The Morgan fingerprint density at radius 1 is 0.708 bits per heavy atom. The number of benzene rings is 2. The first-order chi connectivity index (χ1) is 46.0. The van der Waals surface area contributed by atoms with Crippen molar-refractivity contribution in [2.75, 3.05) is 158 Å². The van der Waals surface area contributed by atoms with Crippen LogP contribution < -0.4 is 20.7 Å². The molecule has 0 radical (unpaired) electrons. The number of carboxylic acids is 3. The lowest BCUT2D eigenvalue weighted by Gasteiger charge is -2.35. The number of carbonyl (C=O) groups excluding carboxylic acids is 7. The van der Waals surface area contributed by atoms with Gasteiger partial charge in [0.25, 0.3) is 11.8 Å². The van der Waals surface area contributed by atoms with E-state index in [1.54, 1.807) is 37.8 Å². The molecule has 3 aromatic rings. The minimum atomic E-state index is -3.06. The van der Waals surface area contributed by atoms with E-state index in [-0.39, 0.29) is 120 Å². The van der Waals surface area contributed by atoms with Gasteiger partial charge in [-0.05, 0) is 81.8 Å². The highest BCUT2D eigenvalue weighted by atomic mass is 32.2. The largest absolute Gasteiger partial charge is 0.494 e. The van der Waals surface area contributed by atoms with Crippen molar-refractivity contribution in [1.29, 1.82) is 0 Å². The minimum Gasteiger partial charge on any atom is -0.494 e. The zero-order valence-corrected chi connectivity index (χ0v) is 55.8. The van der Waals surface area contributed by atoms with E-state index in [1.165, 1.54) is 48.4 Å². The van der Waals surface area contributed by atoms with Gasteiger partial charge in [-0.3, -0.25) is 87.3 Å². The molecule has 5 heterocycles. The summed E-state index contributed by atoms with van der Waals surface area (Å²) in [5.74, 6) is -8.68. The quantitative estimate of drug-likeness (QED) is 0.0283. The summed E-state index contributed by atoms with van der Waals surface area (Å²) in [6.45, 7) is 4.82. The fraction of sp³-hybridized carbons (Fsp3) is 0.606. The van der Waals surface area contributed by atoms with E-state index in [1.807, 2.05) is 11.8 Å². The van der Waals surface area contributed by atoms with E-state index < -0.39 is 84.8 Å². The standard InChI is InChI=1S/C66H93F2N13O14S/c1-47-12-14-48(15-13-47)9-8-11-56(82)71-19-5-3-4-10-51(39-72-57(83)41-75-22-24-76(43-61(87)88)26-28-78(45-63(91)92)29-27-77(25-23-75)44-62(89)90)96-55-36-58(84)80(65(55)94)42-60(86)79-32-30-74(31-33-79)21-6-7-34-95-50-16-17-54-53(35-50)52(18-20-70-54)64(93)73-40-59(85)81-46-66(67,68)37-49(81)38-69-2/h12-18,20,35,38,49,51,55H,3-11,19,21-34,36-37,39-46H2,1-2H3,(H,71,82)(H,72,83)(H,73,93)(H,87,88)(H,89,90)(H,91,92)/t49-,51-,55?/m1/s1. The molecule has 526 valence electrons. The van der Waals surface area contributed by atoms with Crippen molar-refractivity contribution < 1.29 is 76.8 Å². The predicted octanol–water partition coefficient (Wildman–Crippen LogP) is 2.03. The zero-order valence-electron chi connectivity index (χ0n) is 55.0. The molecule has 0 saturated carbocycles. The van der Waals surface area contributed by atoms with Gasteiger partial charge in [-0.1, -0.05) is 42.7 Å². The number of ether oxygens (including phenoxy) is 1. The van der Waals surface area contributed by atoms with E-state index in [0.29, 0.717) is 88.1 Å². The summed E-state index contributed by atoms with van der Waals surface area (Å²) in [5, 5.41) is 36.8. The molecule has 4 aliphatic rings. The van der Waals surface area contributed by atoms with Crippen LogP contribution in [0.4, 0.5) is 8.78 Å². The highest BCUT2D eigenvalue weighted by Gasteiger charge is 2.46. The molecule has 1 aromatic heterocycles. The molecule has 4 fully saturated rings. The summed E-state index contributed by atoms with van der Waals surface area (Å²) in [5.41, 5.74) is 3.10. The number of carbonyl (C=O) groups is 10. The molecule has 7 rings (SSSR count). The van der Waals surface area contributed by atoms with Crippen molar-refractivity contribution in [1.82, 2.24) is 60.1 Å². The number of nitrogens with one attached hydrogen (secondary N) is 3. The summed E-state index contributed by atoms with van der Waals surface area (Å²) in [4.78, 5) is 150. The number of likely N-dealkylation sites (tertiary alicyclic amines) is 2. The van der Waals surface area contributed by atoms with Crippen LogP contribution in [0.3, 0.4) is 0 Å². The number of carboxylic acid groups (broad SMARTS) is 3. The lowest BCUT2D eigenvalue weighted by molar-refractivity contribution is -0.146. The lowest BCUT2D eigenvalue weighted by atomic mass is 10.1. The van der Waals surface area contributed by atoms with Crippen LogP contribution in [0.1, 0.15) is 85.7 Å². The van der Waals surface area contributed by atoms with Crippen molar-refractivity contribution in [3.8, 4) is 5.75 Å². The van der Waals surface area contributed by atoms with Gasteiger partial charge in [-0.25, -0.2) is 8.78 Å². The fourth-order valence-electron chi connectivity index (χ4n) is 12.1. The number of pyridine rings is 1. The van der Waals surface area contributed by atoms with Crippen LogP contribution in [0, 0.1) is 6.92 Å². The van der Waals surface area contributed by atoms with Crippen molar-refractivity contribution >= 4 is 88.1 Å². The van der Waals surface area contributed by atoms with Crippen LogP contribution >= 0.6 is 11.8 Å². The molecule has 30 heteroatoms. The predicted molar refractivity (Wildman–Crippen MR) is 355 cm³/mol. The Morgan fingerprint density at radius 2 is 1.33 bits per heavy atom. The smallest absolute Gasteiger partial charge is 0.317 e. The maximum atomic E-state index is 14.2. The zero-order chi connectivity index (χ0) is 69.2. The Balaban J connectivity index is 0.868. The molecular formula is C66H93F2N13O14S. The molecular weight excluding hydrogens is 1270 g/mol.